The van der Waals surface area contributed by atoms with Crippen LogP contribution in [0.1, 0.15) is 19.4 Å². The van der Waals surface area contributed by atoms with E-state index < -0.39 is 5.79 Å². The molecule has 2 atom stereocenters. The summed E-state index contributed by atoms with van der Waals surface area (Å²) in [7, 11) is 0. The Hall–Kier alpha value is 0.160. The molecule has 1 aromatic rings. The molecule has 2 unspecified atom stereocenters. The van der Waals surface area contributed by atoms with Gasteiger partial charge in [-0.05, 0) is 26.0 Å². The van der Waals surface area contributed by atoms with E-state index in [0.717, 1.165) is 5.56 Å². The largest absolute Gasteiger partial charge is 0.376 e. The van der Waals surface area contributed by atoms with Gasteiger partial charge in [-0.2, -0.15) is 0 Å². The molecular weight excluding hydrogens is 367 g/mol. The zero-order chi connectivity index (χ0) is 14.8. The third-order valence-electron chi connectivity index (χ3n) is 2.99. The maximum absolute atomic E-state index is 6.26. The molecule has 20 heavy (non-hydrogen) atoms. The lowest BCUT2D eigenvalue weighted by molar-refractivity contribution is -0.163. The molecule has 1 fully saturated rings. The van der Waals surface area contributed by atoms with Gasteiger partial charge in [0, 0.05) is 10.6 Å². The predicted molar refractivity (Wildman–Crippen MR) is 83.8 cm³/mol. The second-order valence-corrected chi connectivity index (χ2v) is 6.35. The van der Waals surface area contributed by atoms with Gasteiger partial charge in [0.25, 0.3) is 0 Å². The van der Waals surface area contributed by atoms with E-state index >= 15 is 0 Å². The highest BCUT2D eigenvalue weighted by molar-refractivity contribution is 9.09. The summed E-state index contributed by atoms with van der Waals surface area (Å²) in [5.41, 5.74) is 0.771. The number of halogens is 3. The monoisotopic (exact) mass is 382 g/mol. The van der Waals surface area contributed by atoms with Crippen molar-refractivity contribution >= 4 is 39.1 Å². The third kappa shape index (κ3) is 3.67. The van der Waals surface area contributed by atoms with Crippen molar-refractivity contribution in [2.24, 2.45) is 0 Å². The quantitative estimate of drug-likeness (QED) is 0.706. The van der Waals surface area contributed by atoms with Crippen molar-refractivity contribution in [1.82, 2.24) is 0 Å². The molecule has 6 heteroatoms. The average Bonchev–Trinajstić information content (AvgIpc) is 2.81. The fourth-order valence-electron chi connectivity index (χ4n) is 2.03. The van der Waals surface area contributed by atoms with Crippen molar-refractivity contribution in [1.29, 1.82) is 0 Å². The summed E-state index contributed by atoms with van der Waals surface area (Å²) >= 11 is 15.6. The summed E-state index contributed by atoms with van der Waals surface area (Å²) in [6.07, 6.45) is 0.0541. The molecule has 1 aromatic carbocycles. The summed E-state index contributed by atoms with van der Waals surface area (Å²) in [6.45, 7) is 4.95. The molecule has 112 valence electrons. The molecule has 1 aliphatic rings. The van der Waals surface area contributed by atoms with Crippen molar-refractivity contribution in [2.75, 3.05) is 18.5 Å². The fraction of sp³-hybridized carbons (Fsp3) is 0.571. The first-order valence-corrected chi connectivity index (χ1v) is 8.29. The zero-order valence-electron chi connectivity index (χ0n) is 11.4. The number of rotatable bonds is 5. The molecule has 0 N–H and O–H groups in total. The number of hydrogen-bond acceptors (Lipinski definition) is 3. The smallest absolute Gasteiger partial charge is 0.206 e. The van der Waals surface area contributed by atoms with Gasteiger partial charge in [-0.1, -0.05) is 45.2 Å². The van der Waals surface area contributed by atoms with Crippen LogP contribution in [0.2, 0.25) is 10.0 Å². The van der Waals surface area contributed by atoms with Gasteiger partial charge in [-0.15, -0.1) is 0 Å². The van der Waals surface area contributed by atoms with Crippen LogP contribution in [0.4, 0.5) is 0 Å². The van der Waals surface area contributed by atoms with E-state index in [2.05, 4.69) is 15.9 Å². The Labute approximate surface area is 137 Å². The summed E-state index contributed by atoms with van der Waals surface area (Å²) < 4.78 is 17.5. The minimum absolute atomic E-state index is 0.110. The first-order chi connectivity index (χ1) is 9.47. The van der Waals surface area contributed by atoms with Crippen molar-refractivity contribution in [3.8, 4) is 0 Å². The summed E-state index contributed by atoms with van der Waals surface area (Å²) in [5, 5.41) is 1.60. The summed E-state index contributed by atoms with van der Waals surface area (Å²) in [5.74, 6) is -0.882. The molecule has 1 saturated heterocycles. The van der Waals surface area contributed by atoms with E-state index in [0.29, 0.717) is 28.6 Å². The zero-order valence-corrected chi connectivity index (χ0v) is 14.5. The lowest BCUT2D eigenvalue weighted by Gasteiger charge is -2.27. The maximum Gasteiger partial charge on any atom is 0.206 e. The molecule has 0 aromatic heterocycles. The highest BCUT2D eigenvalue weighted by Gasteiger charge is 2.43. The van der Waals surface area contributed by atoms with Crippen molar-refractivity contribution in [2.45, 2.75) is 31.8 Å². The molecule has 3 nitrogen and oxygen atoms in total. The standard InChI is InChI=1S/C14H17BrCl2O3/c1-9(2)18-6-11-7-19-14(8-15,20-11)12-4-3-10(16)5-13(12)17/h3-5,9,11H,6-8H2,1-2H3. The summed E-state index contributed by atoms with van der Waals surface area (Å²) in [4.78, 5) is 0. The normalized spacial score (nSPS) is 26.4. The Balaban J connectivity index is 2.15. The van der Waals surface area contributed by atoms with Crippen LogP contribution in [0.5, 0.6) is 0 Å². The molecule has 0 bridgehead atoms. The van der Waals surface area contributed by atoms with E-state index in [1.54, 1.807) is 12.1 Å². The van der Waals surface area contributed by atoms with Crippen LogP contribution in [-0.4, -0.2) is 30.8 Å². The lowest BCUT2D eigenvalue weighted by Crippen LogP contribution is -2.31. The molecule has 2 rings (SSSR count). The molecule has 1 heterocycles. The number of benzene rings is 1. The van der Waals surface area contributed by atoms with Gasteiger partial charge in [-0.25, -0.2) is 0 Å². The Bertz CT molecular complexity index is 470. The molecule has 1 aliphatic heterocycles. The predicted octanol–water partition coefficient (Wildman–Crippen LogP) is 4.38. The van der Waals surface area contributed by atoms with Crippen LogP contribution >= 0.6 is 39.1 Å². The van der Waals surface area contributed by atoms with E-state index in [1.807, 2.05) is 19.9 Å². The minimum Gasteiger partial charge on any atom is -0.376 e. The number of ether oxygens (including phenoxy) is 3. The Kier molecular flexibility index (Phi) is 5.74. The van der Waals surface area contributed by atoms with Gasteiger partial charge in [0.05, 0.1) is 29.7 Å². The van der Waals surface area contributed by atoms with E-state index in [9.17, 15) is 0 Å². The second-order valence-electron chi connectivity index (χ2n) is 4.94. The average molecular weight is 384 g/mol. The van der Waals surface area contributed by atoms with Gasteiger partial charge < -0.3 is 14.2 Å². The Morgan fingerprint density at radius 2 is 2.20 bits per heavy atom. The SMILES string of the molecule is CC(C)OCC1COC(CBr)(c2ccc(Cl)cc2Cl)O1. The Morgan fingerprint density at radius 1 is 1.45 bits per heavy atom. The first-order valence-electron chi connectivity index (χ1n) is 6.42. The molecule has 0 saturated carbocycles. The molecule has 0 spiro atoms. The van der Waals surface area contributed by atoms with Gasteiger partial charge >= 0.3 is 0 Å². The van der Waals surface area contributed by atoms with Crippen LogP contribution in [0.25, 0.3) is 0 Å². The second kappa shape index (κ2) is 6.95. The van der Waals surface area contributed by atoms with Crippen LogP contribution in [0, 0.1) is 0 Å². The van der Waals surface area contributed by atoms with Crippen LogP contribution in [-0.2, 0) is 20.0 Å². The van der Waals surface area contributed by atoms with Crippen LogP contribution in [0.3, 0.4) is 0 Å². The van der Waals surface area contributed by atoms with Crippen LogP contribution < -0.4 is 0 Å². The van der Waals surface area contributed by atoms with E-state index in [4.69, 9.17) is 37.4 Å². The highest BCUT2D eigenvalue weighted by atomic mass is 79.9. The Morgan fingerprint density at radius 3 is 2.80 bits per heavy atom. The number of alkyl halides is 1. The van der Waals surface area contributed by atoms with Crippen molar-refractivity contribution < 1.29 is 14.2 Å². The molecule has 0 aliphatic carbocycles. The topological polar surface area (TPSA) is 27.7 Å². The first kappa shape index (κ1) is 16.5. The van der Waals surface area contributed by atoms with Crippen molar-refractivity contribution in [3.63, 3.8) is 0 Å². The van der Waals surface area contributed by atoms with E-state index in [-0.39, 0.29) is 12.2 Å². The molecule has 0 amide bonds. The molecular formula is C14H17BrCl2O3. The van der Waals surface area contributed by atoms with Gasteiger partial charge in [0.15, 0.2) is 0 Å². The van der Waals surface area contributed by atoms with Gasteiger partial charge in [-0.3, -0.25) is 0 Å². The maximum atomic E-state index is 6.26. The third-order valence-corrected chi connectivity index (χ3v) is 4.28. The minimum atomic E-state index is -0.882. The van der Waals surface area contributed by atoms with Gasteiger partial charge in [0.2, 0.25) is 5.79 Å². The van der Waals surface area contributed by atoms with Crippen LogP contribution in [0.15, 0.2) is 18.2 Å². The van der Waals surface area contributed by atoms with E-state index in [1.165, 1.54) is 0 Å². The summed E-state index contributed by atoms with van der Waals surface area (Å²) in [6, 6.07) is 5.29. The molecule has 0 radical (unpaired) electrons. The lowest BCUT2D eigenvalue weighted by atomic mass is 10.1. The van der Waals surface area contributed by atoms with Gasteiger partial charge in [0.1, 0.15) is 6.10 Å². The van der Waals surface area contributed by atoms with Crippen molar-refractivity contribution in [3.05, 3.63) is 33.8 Å². The number of hydrogen-bond donors (Lipinski definition) is 0. The fourth-order valence-corrected chi connectivity index (χ4v) is 3.18. The highest BCUT2D eigenvalue weighted by Crippen LogP contribution is 2.40.